The van der Waals surface area contributed by atoms with E-state index in [1.165, 1.54) is 15.9 Å². The van der Waals surface area contributed by atoms with Gasteiger partial charge in [0.25, 0.3) is 0 Å². The zero-order chi connectivity index (χ0) is 21.9. The lowest BCUT2D eigenvalue weighted by molar-refractivity contribution is -0.158. The lowest BCUT2D eigenvalue weighted by atomic mass is 9.87. The molecule has 2 heterocycles. The highest BCUT2D eigenvalue weighted by Crippen LogP contribution is 2.36. The second-order valence-electron chi connectivity index (χ2n) is 7.60. The fourth-order valence-electron chi connectivity index (χ4n) is 4.37. The van der Waals surface area contributed by atoms with Gasteiger partial charge in [-0.2, -0.15) is 0 Å². The molecule has 0 spiro atoms. The second-order valence-corrected chi connectivity index (χ2v) is 9.43. The standard InChI is InChI=1S/C21H24Br2N2O5/c1-2-9-30-20(29)24-7-3-5-17(24)18(26)25-8-4-6-21(25,19(27)28)13-14-10-15(22)12-16(23)11-14/h2,10-12,17H,1,3-9,13H2,(H,27,28)/t17-,21-/m0/s1. The Kier molecular flexibility index (Phi) is 7.23. The lowest BCUT2D eigenvalue weighted by Crippen LogP contribution is -2.59. The van der Waals surface area contributed by atoms with Gasteiger partial charge in [-0.3, -0.25) is 9.69 Å². The fourth-order valence-corrected chi connectivity index (χ4v) is 5.76. The van der Waals surface area contributed by atoms with Crippen molar-refractivity contribution in [2.24, 2.45) is 0 Å². The van der Waals surface area contributed by atoms with Gasteiger partial charge in [0, 0.05) is 28.5 Å². The first-order chi connectivity index (χ1) is 14.3. The van der Waals surface area contributed by atoms with Crippen LogP contribution < -0.4 is 0 Å². The molecule has 0 saturated carbocycles. The van der Waals surface area contributed by atoms with Crippen LogP contribution in [-0.4, -0.2) is 64.2 Å². The quantitative estimate of drug-likeness (QED) is 0.548. The van der Waals surface area contributed by atoms with Crippen LogP contribution in [0.4, 0.5) is 4.79 Å². The van der Waals surface area contributed by atoms with Crippen LogP contribution in [0.5, 0.6) is 0 Å². The highest BCUT2D eigenvalue weighted by atomic mass is 79.9. The predicted molar refractivity (Wildman–Crippen MR) is 118 cm³/mol. The Balaban J connectivity index is 1.87. The van der Waals surface area contributed by atoms with E-state index >= 15 is 0 Å². The molecule has 2 atom stereocenters. The Hall–Kier alpha value is -1.87. The summed E-state index contributed by atoms with van der Waals surface area (Å²) in [5.74, 6) is -1.35. The average Bonchev–Trinajstić information content (AvgIpc) is 3.32. The molecule has 1 aromatic carbocycles. The Morgan fingerprint density at radius 1 is 1.20 bits per heavy atom. The van der Waals surface area contributed by atoms with Gasteiger partial charge in [0.05, 0.1) is 0 Å². The molecule has 7 nitrogen and oxygen atoms in total. The second kappa shape index (κ2) is 9.51. The van der Waals surface area contributed by atoms with Crippen LogP contribution in [-0.2, 0) is 20.7 Å². The van der Waals surface area contributed by atoms with Crippen LogP contribution >= 0.6 is 31.9 Å². The van der Waals surface area contributed by atoms with Crippen molar-refractivity contribution in [2.45, 2.75) is 43.7 Å². The largest absolute Gasteiger partial charge is 0.479 e. The molecule has 0 bridgehead atoms. The number of carboxylic acids is 1. The van der Waals surface area contributed by atoms with Crippen molar-refractivity contribution in [1.29, 1.82) is 0 Å². The van der Waals surface area contributed by atoms with Crippen LogP contribution in [0, 0.1) is 0 Å². The molecular formula is C21H24Br2N2O5. The number of carbonyl (C=O) groups is 3. The number of carboxylic acid groups (broad SMARTS) is 1. The number of rotatable bonds is 6. The molecule has 1 N–H and O–H groups in total. The Labute approximate surface area is 192 Å². The molecule has 3 rings (SSSR count). The van der Waals surface area contributed by atoms with Gasteiger partial charge in [0.15, 0.2) is 0 Å². The van der Waals surface area contributed by atoms with Crippen LogP contribution in [0.1, 0.15) is 31.2 Å². The molecule has 162 valence electrons. The van der Waals surface area contributed by atoms with Gasteiger partial charge in [-0.05, 0) is 49.4 Å². The zero-order valence-corrected chi connectivity index (χ0v) is 19.7. The Morgan fingerprint density at radius 3 is 2.53 bits per heavy atom. The van der Waals surface area contributed by atoms with Crippen LogP contribution in [0.25, 0.3) is 0 Å². The lowest BCUT2D eigenvalue weighted by Gasteiger charge is -2.38. The topological polar surface area (TPSA) is 87.2 Å². The number of aliphatic carboxylic acids is 1. The van der Waals surface area contributed by atoms with E-state index in [1.807, 2.05) is 18.2 Å². The third kappa shape index (κ3) is 4.56. The van der Waals surface area contributed by atoms with E-state index in [4.69, 9.17) is 4.74 Å². The highest BCUT2D eigenvalue weighted by molar-refractivity contribution is 9.11. The summed E-state index contributed by atoms with van der Waals surface area (Å²) in [6, 6.07) is 4.91. The van der Waals surface area contributed by atoms with Crippen molar-refractivity contribution in [3.63, 3.8) is 0 Å². The van der Waals surface area contributed by atoms with Crippen molar-refractivity contribution in [2.75, 3.05) is 19.7 Å². The third-order valence-electron chi connectivity index (χ3n) is 5.67. The number of hydrogen-bond donors (Lipinski definition) is 1. The maximum absolute atomic E-state index is 13.5. The minimum Gasteiger partial charge on any atom is -0.479 e. The van der Waals surface area contributed by atoms with Gasteiger partial charge >= 0.3 is 12.1 Å². The third-order valence-corrected chi connectivity index (χ3v) is 6.58. The van der Waals surface area contributed by atoms with Gasteiger partial charge in [0.2, 0.25) is 5.91 Å². The number of amides is 2. The predicted octanol–water partition coefficient (Wildman–Crippen LogP) is 3.99. The summed E-state index contributed by atoms with van der Waals surface area (Å²) in [4.78, 5) is 41.1. The van der Waals surface area contributed by atoms with Crippen molar-refractivity contribution in [1.82, 2.24) is 9.80 Å². The van der Waals surface area contributed by atoms with E-state index in [0.29, 0.717) is 38.8 Å². The molecule has 0 radical (unpaired) electrons. The summed E-state index contributed by atoms with van der Waals surface area (Å²) in [6.07, 6.45) is 3.23. The molecule has 2 amide bonds. The van der Waals surface area contributed by atoms with Crippen molar-refractivity contribution in [3.05, 3.63) is 45.4 Å². The monoisotopic (exact) mass is 542 g/mol. The van der Waals surface area contributed by atoms with Gasteiger partial charge < -0.3 is 14.7 Å². The SMILES string of the molecule is C=CCOC(=O)N1CCC[C@H]1C(=O)N1CCC[C@]1(Cc1cc(Br)cc(Br)c1)C(=O)O. The number of hydrogen-bond acceptors (Lipinski definition) is 4. The first-order valence-electron chi connectivity index (χ1n) is 9.82. The number of nitrogens with zero attached hydrogens (tertiary/aromatic N) is 2. The maximum Gasteiger partial charge on any atom is 0.410 e. The molecule has 0 aliphatic carbocycles. The van der Waals surface area contributed by atoms with Gasteiger partial charge in [-0.25, -0.2) is 9.59 Å². The van der Waals surface area contributed by atoms with Gasteiger partial charge in [-0.15, -0.1) is 0 Å². The summed E-state index contributed by atoms with van der Waals surface area (Å²) in [7, 11) is 0. The first-order valence-corrected chi connectivity index (χ1v) is 11.4. The number of ether oxygens (including phenoxy) is 1. The average molecular weight is 544 g/mol. The maximum atomic E-state index is 13.5. The van der Waals surface area contributed by atoms with Crippen LogP contribution in [0.2, 0.25) is 0 Å². The van der Waals surface area contributed by atoms with Crippen LogP contribution in [0.3, 0.4) is 0 Å². The normalized spacial score (nSPS) is 23.5. The van der Waals surface area contributed by atoms with E-state index in [2.05, 4.69) is 38.4 Å². The van der Waals surface area contributed by atoms with E-state index in [9.17, 15) is 19.5 Å². The summed E-state index contributed by atoms with van der Waals surface area (Å²) in [6.45, 7) is 4.36. The Morgan fingerprint density at radius 2 is 1.90 bits per heavy atom. The van der Waals surface area contributed by atoms with E-state index in [0.717, 1.165) is 14.5 Å². The van der Waals surface area contributed by atoms with E-state index in [-0.39, 0.29) is 18.9 Å². The zero-order valence-electron chi connectivity index (χ0n) is 16.5. The van der Waals surface area contributed by atoms with Crippen molar-refractivity contribution in [3.8, 4) is 0 Å². The first kappa shape index (κ1) is 22.8. The molecule has 0 aromatic heterocycles. The molecular weight excluding hydrogens is 520 g/mol. The summed E-state index contributed by atoms with van der Waals surface area (Å²) >= 11 is 6.87. The smallest absolute Gasteiger partial charge is 0.410 e. The number of halogens is 2. The van der Waals surface area contributed by atoms with Crippen molar-refractivity contribution < 1.29 is 24.2 Å². The van der Waals surface area contributed by atoms with E-state index < -0.39 is 23.6 Å². The molecule has 0 unspecified atom stereocenters. The van der Waals surface area contributed by atoms with Gasteiger partial charge in [0.1, 0.15) is 18.2 Å². The van der Waals surface area contributed by atoms with E-state index in [1.54, 1.807) is 0 Å². The molecule has 2 aliphatic rings. The summed E-state index contributed by atoms with van der Waals surface area (Å²) in [5.41, 5.74) is -0.525. The molecule has 2 fully saturated rings. The minimum atomic E-state index is -1.34. The molecule has 9 heteroatoms. The molecule has 1 aromatic rings. The van der Waals surface area contributed by atoms with Gasteiger partial charge in [-0.1, -0.05) is 44.5 Å². The van der Waals surface area contributed by atoms with Crippen LogP contribution in [0.15, 0.2) is 39.8 Å². The Bertz CT molecular complexity index is 842. The minimum absolute atomic E-state index is 0.0663. The highest BCUT2D eigenvalue weighted by Gasteiger charge is 2.52. The molecule has 2 aliphatic heterocycles. The summed E-state index contributed by atoms with van der Waals surface area (Å²) in [5, 5.41) is 10.2. The number of likely N-dealkylation sites (tertiary alicyclic amines) is 2. The van der Waals surface area contributed by atoms with Crippen molar-refractivity contribution >= 4 is 49.8 Å². The summed E-state index contributed by atoms with van der Waals surface area (Å²) < 4.78 is 6.77. The molecule has 2 saturated heterocycles. The molecule has 30 heavy (non-hydrogen) atoms. The fraction of sp³-hybridized carbons (Fsp3) is 0.476. The number of carbonyl (C=O) groups excluding carboxylic acids is 2. The number of benzene rings is 1.